The first kappa shape index (κ1) is 24.6. The second-order valence-electron chi connectivity index (χ2n) is 7.45. The van der Waals surface area contributed by atoms with Crippen molar-refractivity contribution in [1.29, 1.82) is 0 Å². The molecule has 2 aromatic carbocycles. The van der Waals surface area contributed by atoms with Crippen LogP contribution in [0.15, 0.2) is 53.4 Å². The van der Waals surface area contributed by atoms with E-state index in [0.717, 1.165) is 5.56 Å². The highest BCUT2D eigenvalue weighted by atomic mass is 32.2. The van der Waals surface area contributed by atoms with Crippen molar-refractivity contribution in [1.82, 2.24) is 10.2 Å². The molecule has 2 aromatic rings. The first-order valence-corrected chi connectivity index (χ1v) is 12.3. The van der Waals surface area contributed by atoms with Crippen LogP contribution in [0.25, 0.3) is 0 Å². The maximum atomic E-state index is 13.3. The third-order valence-corrected chi connectivity index (χ3v) is 6.62. The predicted molar refractivity (Wildman–Crippen MR) is 128 cm³/mol. The predicted octanol–water partition coefficient (Wildman–Crippen LogP) is 1.41. The maximum Gasteiger partial charge on any atom is 0.257 e. The Morgan fingerprint density at radius 1 is 1.18 bits per heavy atom. The third kappa shape index (κ3) is 5.67. The Morgan fingerprint density at radius 3 is 2.36 bits per heavy atom. The number of rotatable bonds is 8. The molecule has 1 saturated heterocycles. The molecule has 1 aliphatic heterocycles. The van der Waals surface area contributed by atoms with E-state index in [4.69, 9.17) is 22.1 Å². The van der Waals surface area contributed by atoms with Crippen LogP contribution in [-0.2, 0) is 26.0 Å². The Labute approximate surface area is 198 Å². The number of anilines is 1. The zero-order valence-corrected chi connectivity index (χ0v) is 20.0. The summed E-state index contributed by atoms with van der Waals surface area (Å²) in [6, 6.07) is 12.2. The second kappa shape index (κ2) is 10.3. The molecular weight excluding hydrogens is 464 g/mol. The smallest absolute Gasteiger partial charge is 0.257 e. The SMILES string of the molecule is CCNC(=S)N(CCc1ccc(S(N)(=O)=O)cc1)[C@@H]1CC(=O)N(c2ccc(OC)cc2)C1=O. The van der Waals surface area contributed by atoms with Crippen LogP contribution < -0.4 is 20.1 Å². The second-order valence-corrected chi connectivity index (χ2v) is 9.40. The number of nitrogens with two attached hydrogens (primary N) is 1. The summed E-state index contributed by atoms with van der Waals surface area (Å²) in [6.07, 6.45) is 0.484. The molecule has 33 heavy (non-hydrogen) atoms. The van der Waals surface area contributed by atoms with E-state index in [-0.39, 0.29) is 23.1 Å². The van der Waals surface area contributed by atoms with Crippen LogP contribution in [0.5, 0.6) is 5.75 Å². The zero-order chi connectivity index (χ0) is 24.2. The number of amides is 2. The standard InChI is InChI=1S/C22H26N4O5S2/c1-3-24-22(32)25(13-12-15-4-10-18(11-5-15)33(23,29)30)19-14-20(27)26(21(19)28)16-6-8-17(31-2)9-7-16/h4-11,19H,3,12-14H2,1-2H3,(H,24,32)(H2,23,29,30)/t19-/m1/s1. The number of carbonyl (C=O) groups is 2. The molecular formula is C22H26N4O5S2. The summed E-state index contributed by atoms with van der Waals surface area (Å²) in [4.78, 5) is 28.9. The number of primary sulfonamides is 1. The molecule has 11 heteroatoms. The molecule has 0 aromatic heterocycles. The van der Waals surface area contributed by atoms with Gasteiger partial charge in [0, 0.05) is 13.1 Å². The number of hydrogen-bond acceptors (Lipinski definition) is 6. The van der Waals surface area contributed by atoms with Gasteiger partial charge in [-0.25, -0.2) is 18.5 Å². The fraction of sp³-hybridized carbons (Fsp3) is 0.318. The summed E-state index contributed by atoms with van der Waals surface area (Å²) >= 11 is 5.50. The van der Waals surface area contributed by atoms with Crippen LogP contribution in [-0.4, -0.2) is 56.5 Å². The number of thiocarbonyl (C=S) groups is 1. The zero-order valence-electron chi connectivity index (χ0n) is 18.4. The van der Waals surface area contributed by atoms with Crippen molar-refractivity contribution in [3.8, 4) is 5.75 Å². The maximum absolute atomic E-state index is 13.3. The molecule has 0 aliphatic carbocycles. The number of sulfonamides is 1. The van der Waals surface area contributed by atoms with Crippen LogP contribution >= 0.6 is 12.2 Å². The number of ether oxygens (including phenoxy) is 1. The molecule has 0 radical (unpaired) electrons. The quantitative estimate of drug-likeness (QED) is 0.421. The third-order valence-electron chi connectivity index (χ3n) is 5.31. The van der Waals surface area contributed by atoms with Crippen molar-refractivity contribution in [3.05, 3.63) is 54.1 Å². The fourth-order valence-electron chi connectivity index (χ4n) is 3.61. The summed E-state index contributed by atoms with van der Waals surface area (Å²) in [5, 5.41) is 8.58. The van der Waals surface area contributed by atoms with E-state index in [2.05, 4.69) is 5.32 Å². The molecule has 2 amide bonds. The first-order chi connectivity index (χ1) is 15.7. The Hall–Kier alpha value is -3.02. The molecule has 0 spiro atoms. The van der Waals surface area contributed by atoms with Crippen LogP contribution in [0.1, 0.15) is 18.9 Å². The number of benzene rings is 2. The van der Waals surface area contributed by atoms with Gasteiger partial charge in [-0.15, -0.1) is 0 Å². The highest BCUT2D eigenvalue weighted by Crippen LogP contribution is 2.27. The Bertz CT molecular complexity index is 1130. The molecule has 1 atom stereocenters. The van der Waals surface area contributed by atoms with Gasteiger partial charge >= 0.3 is 0 Å². The fourth-order valence-corrected chi connectivity index (χ4v) is 4.49. The minimum Gasteiger partial charge on any atom is -0.497 e. The van der Waals surface area contributed by atoms with Gasteiger partial charge in [0.1, 0.15) is 11.8 Å². The number of nitrogens with one attached hydrogen (secondary N) is 1. The lowest BCUT2D eigenvalue weighted by molar-refractivity contribution is -0.122. The summed E-state index contributed by atoms with van der Waals surface area (Å²) in [5.74, 6) is -0.0373. The number of carbonyl (C=O) groups excluding carboxylic acids is 2. The Morgan fingerprint density at radius 2 is 1.82 bits per heavy atom. The topological polar surface area (TPSA) is 122 Å². The molecule has 0 saturated carbocycles. The number of nitrogens with zero attached hydrogens (tertiary/aromatic N) is 2. The Balaban J connectivity index is 1.79. The van der Waals surface area contributed by atoms with Gasteiger partial charge in [0.2, 0.25) is 15.9 Å². The van der Waals surface area contributed by atoms with Crippen LogP contribution in [0.2, 0.25) is 0 Å². The van der Waals surface area contributed by atoms with Crippen LogP contribution in [0, 0.1) is 0 Å². The molecule has 0 bridgehead atoms. The van der Waals surface area contributed by atoms with Gasteiger partial charge in [-0.1, -0.05) is 12.1 Å². The summed E-state index contributed by atoms with van der Waals surface area (Å²) in [5.41, 5.74) is 1.32. The molecule has 3 N–H and O–H groups in total. The van der Waals surface area contributed by atoms with E-state index in [0.29, 0.717) is 36.1 Å². The summed E-state index contributed by atoms with van der Waals surface area (Å²) < 4.78 is 28.1. The minimum absolute atomic E-state index is 0.000746. The van der Waals surface area contributed by atoms with E-state index in [1.165, 1.54) is 17.0 Å². The average molecular weight is 491 g/mol. The number of imide groups is 1. The lowest BCUT2D eigenvalue weighted by Gasteiger charge is -2.30. The van der Waals surface area contributed by atoms with Crippen molar-refractivity contribution in [2.45, 2.75) is 30.7 Å². The number of methoxy groups -OCH3 is 1. The summed E-state index contributed by atoms with van der Waals surface area (Å²) in [7, 11) is -2.23. The Kier molecular flexibility index (Phi) is 7.67. The highest BCUT2D eigenvalue weighted by Gasteiger charge is 2.43. The van der Waals surface area contributed by atoms with E-state index in [9.17, 15) is 18.0 Å². The van der Waals surface area contributed by atoms with Crippen LogP contribution in [0.4, 0.5) is 5.69 Å². The van der Waals surface area contributed by atoms with Gasteiger partial charge < -0.3 is 15.0 Å². The molecule has 176 valence electrons. The van der Waals surface area contributed by atoms with Gasteiger partial charge in [0.25, 0.3) is 5.91 Å². The average Bonchev–Trinajstić information content (AvgIpc) is 3.07. The normalized spacial score (nSPS) is 16.1. The van der Waals surface area contributed by atoms with Crippen molar-refractivity contribution >= 4 is 44.9 Å². The lowest BCUT2D eigenvalue weighted by atomic mass is 10.1. The molecule has 1 aliphatic rings. The molecule has 1 fully saturated rings. The van der Waals surface area contributed by atoms with E-state index in [1.807, 2.05) is 6.92 Å². The van der Waals surface area contributed by atoms with E-state index >= 15 is 0 Å². The van der Waals surface area contributed by atoms with E-state index < -0.39 is 16.1 Å². The van der Waals surface area contributed by atoms with Crippen molar-refractivity contribution in [2.24, 2.45) is 5.14 Å². The van der Waals surface area contributed by atoms with Crippen molar-refractivity contribution in [2.75, 3.05) is 25.1 Å². The highest BCUT2D eigenvalue weighted by molar-refractivity contribution is 7.89. The summed E-state index contributed by atoms with van der Waals surface area (Å²) in [6.45, 7) is 2.82. The largest absolute Gasteiger partial charge is 0.497 e. The van der Waals surface area contributed by atoms with Gasteiger partial charge in [-0.3, -0.25) is 9.59 Å². The minimum atomic E-state index is -3.77. The monoisotopic (exact) mass is 490 g/mol. The molecule has 0 unspecified atom stereocenters. The number of hydrogen-bond donors (Lipinski definition) is 2. The van der Waals surface area contributed by atoms with Crippen molar-refractivity contribution in [3.63, 3.8) is 0 Å². The molecule has 9 nitrogen and oxygen atoms in total. The van der Waals surface area contributed by atoms with Gasteiger partial charge in [0.15, 0.2) is 5.11 Å². The van der Waals surface area contributed by atoms with Gasteiger partial charge in [-0.2, -0.15) is 0 Å². The first-order valence-electron chi connectivity index (χ1n) is 10.3. The molecule has 1 heterocycles. The lowest BCUT2D eigenvalue weighted by Crippen LogP contribution is -2.50. The van der Waals surface area contributed by atoms with Gasteiger partial charge in [0.05, 0.1) is 24.1 Å². The van der Waals surface area contributed by atoms with E-state index in [1.54, 1.807) is 48.4 Å². The molecule has 3 rings (SSSR count). The van der Waals surface area contributed by atoms with Gasteiger partial charge in [-0.05, 0) is 67.5 Å². The van der Waals surface area contributed by atoms with Crippen LogP contribution in [0.3, 0.4) is 0 Å². The van der Waals surface area contributed by atoms with Crippen molar-refractivity contribution < 1.29 is 22.7 Å².